The predicted molar refractivity (Wildman–Crippen MR) is 96.5 cm³/mol. The van der Waals surface area contributed by atoms with Gasteiger partial charge in [-0.05, 0) is 0 Å². The monoisotopic (exact) mass is 382 g/mol. The van der Waals surface area contributed by atoms with Gasteiger partial charge in [0.1, 0.15) is 0 Å². The van der Waals surface area contributed by atoms with Crippen LogP contribution in [0.25, 0.3) is 0 Å². The maximum absolute atomic E-state index is 10.4. The van der Waals surface area contributed by atoms with Crippen LogP contribution < -0.4 is 9.20 Å². The molecule has 2 rings (SSSR count). The second-order valence-electron chi connectivity index (χ2n) is 4.99. The van der Waals surface area contributed by atoms with Gasteiger partial charge in [-0.1, -0.05) is 0 Å². The zero-order valence-corrected chi connectivity index (χ0v) is 15.7. The number of rotatable bonds is 7. The summed E-state index contributed by atoms with van der Waals surface area (Å²) < 4.78 is 6.82. The van der Waals surface area contributed by atoms with E-state index >= 15 is 0 Å². The minimum atomic E-state index is -0.413. The van der Waals surface area contributed by atoms with Gasteiger partial charge in [0.25, 0.3) is 0 Å². The third-order valence-corrected chi connectivity index (χ3v) is 7.09. The van der Waals surface area contributed by atoms with Crippen molar-refractivity contribution in [2.75, 3.05) is 13.4 Å². The van der Waals surface area contributed by atoms with Gasteiger partial charge in [-0.15, -0.1) is 0 Å². The molecule has 0 aliphatic carbocycles. The summed E-state index contributed by atoms with van der Waals surface area (Å²) in [6.45, 7) is 2.21. The molecule has 118 valence electrons. The van der Waals surface area contributed by atoms with Crippen LogP contribution in [0.1, 0.15) is 29.4 Å². The van der Waals surface area contributed by atoms with Gasteiger partial charge >= 0.3 is 143 Å². The zero-order valence-electron chi connectivity index (χ0n) is 13.2. The minimum absolute atomic E-state index is 0.168. The standard InChI is InChI=1S/C18H22O2SSe/c1-13(21-3)15-10-7-11-17(20-2)18(15)22-12-16(19)14-8-5-4-6-9-14/h4-11,13,16,19H,12H2,1-3H3/t13-,16+/m0/s1. The van der Waals surface area contributed by atoms with E-state index in [0.717, 1.165) is 16.6 Å². The molecule has 0 spiro atoms. The maximum atomic E-state index is 10.4. The molecular formula is C18H22O2SSe. The number of methoxy groups -OCH3 is 1. The Hall–Kier alpha value is -0.931. The van der Waals surface area contributed by atoms with Gasteiger partial charge in [-0.25, -0.2) is 0 Å². The summed E-state index contributed by atoms with van der Waals surface area (Å²) in [5.74, 6) is 0.943. The molecule has 0 amide bonds. The molecule has 0 aromatic heterocycles. The molecule has 2 aromatic rings. The Morgan fingerprint density at radius 1 is 1.14 bits per heavy atom. The Bertz CT molecular complexity index is 589. The van der Waals surface area contributed by atoms with E-state index in [9.17, 15) is 5.11 Å². The number of hydrogen-bond acceptors (Lipinski definition) is 3. The fraction of sp³-hybridized carbons (Fsp3) is 0.333. The van der Waals surface area contributed by atoms with E-state index in [1.54, 1.807) is 7.11 Å². The Balaban J connectivity index is 2.18. The third kappa shape index (κ3) is 4.30. The summed E-state index contributed by atoms with van der Waals surface area (Å²) in [4.78, 5) is 0. The number of aliphatic hydroxyl groups excluding tert-OH is 1. The van der Waals surface area contributed by atoms with Crippen LogP contribution in [0, 0.1) is 0 Å². The van der Waals surface area contributed by atoms with Gasteiger partial charge in [-0.2, -0.15) is 0 Å². The fourth-order valence-corrected chi connectivity index (χ4v) is 5.41. The number of hydrogen-bond donors (Lipinski definition) is 1. The van der Waals surface area contributed by atoms with Gasteiger partial charge in [0.2, 0.25) is 0 Å². The number of thioether (sulfide) groups is 1. The molecule has 0 saturated heterocycles. The van der Waals surface area contributed by atoms with Crippen molar-refractivity contribution in [2.45, 2.75) is 23.6 Å². The van der Waals surface area contributed by atoms with Crippen LogP contribution in [-0.2, 0) is 0 Å². The molecule has 0 heterocycles. The molecule has 0 bridgehead atoms. The van der Waals surface area contributed by atoms with Gasteiger partial charge in [0.15, 0.2) is 0 Å². The van der Waals surface area contributed by atoms with Crippen LogP contribution in [0.5, 0.6) is 5.75 Å². The molecule has 4 heteroatoms. The van der Waals surface area contributed by atoms with Crippen LogP contribution in [0.3, 0.4) is 0 Å². The Labute approximate surface area is 143 Å². The Morgan fingerprint density at radius 3 is 2.50 bits per heavy atom. The van der Waals surface area contributed by atoms with Crippen molar-refractivity contribution in [1.29, 1.82) is 0 Å². The summed E-state index contributed by atoms with van der Waals surface area (Å²) in [6.07, 6.45) is 1.71. The summed E-state index contributed by atoms with van der Waals surface area (Å²) in [7, 11) is 1.72. The van der Waals surface area contributed by atoms with Crippen molar-refractivity contribution >= 4 is 31.2 Å². The molecule has 2 atom stereocenters. The molecule has 1 N–H and O–H groups in total. The normalized spacial score (nSPS) is 13.6. The van der Waals surface area contributed by atoms with E-state index in [1.165, 1.54) is 10.0 Å². The van der Waals surface area contributed by atoms with Crippen molar-refractivity contribution in [3.63, 3.8) is 0 Å². The molecule has 0 radical (unpaired) electrons. The molecule has 0 fully saturated rings. The van der Waals surface area contributed by atoms with Gasteiger partial charge in [0, 0.05) is 0 Å². The van der Waals surface area contributed by atoms with E-state index in [0.29, 0.717) is 5.25 Å². The summed E-state index contributed by atoms with van der Waals surface area (Å²) in [5.41, 5.74) is 2.31. The summed E-state index contributed by atoms with van der Waals surface area (Å²) >= 11 is 2.00. The predicted octanol–water partition coefficient (Wildman–Crippen LogP) is 3.60. The van der Waals surface area contributed by atoms with Crippen molar-refractivity contribution in [3.8, 4) is 5.75 Å². The van der Waals surface area contributed by atoms with Crippen molar-refractivity contribution in [2.24, 2.45) is 0 Å². The van der Waals surface area contributed by atoms with Crippen molar-refractivity contribution in [3.05, 3.63) is 59.7 Å². The first kappa shape index (κ1) is 17.4. The topological polar surface area (TPSA) is 29.5 Å². The molecule has 2 nitrogen and oxygen atoms in total. The van der Waals surface area contributed by atoms with E-state index in [-0.39, 0.29) is 15.0 Å². The van der Waals surface area contributed by atoms with Crippen LogP contribution in [-0.4, -0.2) is 33.4 Å². The third-order valence-electron chi connectivity index (χ3n) is 3.59. The second-order valence-corrected chi connectivity index (χ2v) is 8.33. The Morgan fingerprint density at radius 2 is 1.86 bits per heavy atom. The van der Waals surface area contributed by atoms with E-state index in [1.807, 2.05) is 54.2 Å². The molecule has 0 aliphatic rings. The second kappa shape index (κ2) is 8.64. The molecule has 22 heavy (non-hydrogen) atoms. The van der Waals surface area contributed by atoms with Gasteiger partial charge in [-0.3, -0.25) is 0 Å². The average Bonchev–Trinajstić information content (AvgIpc) is 2.59. The van der Waals surface area contributed by atoms with Gasteiger partial charge < -0.3 is 0 Å². The van der Waals surface area contributed by atoms with Crippen LogP contribution in [0.2, 0.25) is 5.32 Å². The number of aliphatic hydroxyl groups is 1. The first-order valence-electron chi connectivity index (χ1n) is 7.22. The van der Waals surface area contributed by atoms with Crippen molar-refractivity contribution in [1.82, 2.24) is 0 Å². The average molecular weight is 381 g/mol. The van der Waals surface area contributed by atoms with E-state index in [4.69, 9.17) is 4.74 Å². The molecule has 0 saturated carbocycles. The van der Waals surface area contributed by atoms with Crippen LogP contribution >= 0.6 is 11.8 Å². The first-order valence-corrected chi connectivity index (χ1v) is 10.6. The fourth-order valence-electron chi connectivity index (χ4n) is 2.23. The molecular weight excluding hydrogens is 359 g/mol. The van der Waals surface area contributed by atoms with Crippen LogP contribution in [0.15, 0.2) is 48.5 Å². The van der Waals surface area contributed by atoms with E-state index in [2.05, 4.69) is 19.2 Å². The Kier molecular flexibility index (Phi) is 6.84. The molecule has 2 aromatic carbocycles. The van der Waals surface area contributed by atoms with Gasteiger partial charge in [0.05, 0.1) is 0 Å². The first-order chi connectivity index (χ1) is 10.7. The summed E-state index contributed by atoms with van der Waals surface area (Å²) in [6, 6.07) is 16.1. The van der Waals surface area contributed by atoms with Crippen molar-refractivity contribution < 1.29 is 9.84 Å². The number of ether oxygens (including phenoxy) is 1. The summed E-state index contributed by atoms with van der Waals surface area (Å²) in [5, 5.41) is 11.6. The van der Waals surface area contributed by atoms with E-state index < -0.39 is 6.10 Å². The van der Waals surface area contributed by atoms with Crippen LogP contribution in [0.4, 0.5) is 0 Å². The molecule has 0 aliphatic heterocycles. The quantitative estimate of drug-likeness (QED) is 0.744. The zero-order chi connectivity index (χ0) is 15.9. The number of benzene rings is 2. The SMILES string of the molecule is COc1cccc([C@H](C)SC)c1[Se]C[C@@H](O)c1ccccc1. The molecule has 0 unspecified atom stereocenters.